The summed E-state index contributed by atoms with van der Waals surface area (Å²) in [4.78, 5) is 3.39. The predicted octanol–water partition coefficient (Wildman–Crippen LogP) is 2.83. The highest BCUT2D eigenvalue weighted by atomic mass is 16.7. The molecule has 3 heterocycles. The molecule has 0 amide bonds. The van der Waals surface area contributed by atoms with E-state index in [2.05, 4.69) is 4.98 Å². The largest absolute Gasteiger partial charge is 0.493 e. The molecule has 6 nitrogen and oxygen atoms in total. The van der Waals surface area contributed by atoms with Crippen molar-refractivity contribution >= 4 is 21.8 Å². The third kappa shape index (κ3) is 1.39. The van der Waals surface area contributed by atoms with Crippen LogP contribution in [0.15, 0.2) is 18.2 Å². The second-order valence-electron chi connectivity index (χ2n) is 5.20. The number of H-pyrrole nitrogens is 1. The van der Waals surface area contributed by atoms with Crippen LogP contribution in [0, 0.1) is 0 Å². The lowest BCUT2D eigenvalue weighted by Crippen LogP contribution is -2.16. The minimum absolute atomic E-state index is 0.241. The molecule has 0 unspecified atom stereocenters. The average molecular weight is 299 g/mol. The van der Waals surface area contributed by atoms with E-state index in [1.807, 2.05) is 18.2 Å². The smallest absolute Gasteiger partial charge is 0.231 e. The summed E-state index contributed by atoms with van der Waals surface area (Å²) in [6, 6.07) is 5.89. The van der Waals surface area contributed by atoms with Gasteiger partial charge < -0.3 is 28.7 Å². The first-order chi connectivity index (χ1) is 10.9. The SMILES string of the molecule is COc1cc2c([nH]c3c4c(ccc32)OCO4)c2c1OCCO2. The molecule has 1 N–H and O–H groups in total. The average Bonchev–Trinajstić information content (AvgIpc) is 3.17. The Morgan fingerprint density at radius 2 is 1.73 bits per heavy atom. The van der Waals surface area contributed by atoms with E-state index in [4.69, 9.17) is 23.7 Å². The van der Waals surface area contributed by atoms with Gasteiger partial charge in [0.25, 0.3) is 0 Å². The van der Waals surface area contributed by atoms with E-state index in [9.17, 15) is 0 Å². The number of benzene rings is 2. The van der Waals surface area contributed by atoms with Crippen LogP contribution in [-0.2, 0) is 0 Å². The lowest BCUT2D eigenvalue weighted by Gasteiger charge is -2.21. The fourth-order valence-corrected chi connectivity index (χ4v) is 3.11. The number of methoxy groups -OCH3 is 1. The minimum Gasteiger partial charge on any atom is -0.493 e. The van der Waals surface area contributed by atoms with Crippen molar-refractivity contribution in [2.24, 2.45) is 0 Å². The van der Waals surface area contributed by atoms with Gasteiger partial charge in [0, 0.05) is 10.8 Å². The maximum Gasteiger partial charge on any atom is 0.231 e. The number of fused-ring (bicyclic) bond motifs is 7. The van der Waals surface area contributed by atoms with Crippen molar-refractivity contribution in [1.82, 2.24) is 4.98 Å². The molecule has 5 rings (SSSR count). The molecule has 22 heavy (non-hydrogen) atoms. The van der Waals surface area contributed by atoms with E-state index in [0.29, 0.717) is 30.5 Å². The first-order valence-corrected chi connectivity index (χ1v) is 7.07. The van der Waals surface area contributed by atoms with Crippen molar-refractivity contribution in [3.8, 4) is 28.7 Å². The van der Waals surface area contributed by atoms with Gasteiger partial charge in [0.05, 0.1) is 18.1 Å². The molecular weight excluding hydrogens is 286 g/mol. The lowest BCUT2D eigenvalue weighted by molar-refractivity contribution is 0.167. The lowest BCUT2D eigenvalue weighted by atomic mass is 10.1. The Hall–Kier alpha value is -2.76. The number of ether oxygens (including phenoxy) is 5. The van der Waals surface area contributed by atoms with Crippen LogP contribution in [0.4, 0.5) is 0 Å². The molecule has 112 valence electrons. The van der Waals surface area contributed by atoms with E-state index in [-0.39, 0.29) is 6.79 Å². The summed E-state index contributed by atoms with van der Waals surface area (Å²) in [7, 11) is 1.63. The number of rotatable bonds is 1. The standard InChI is InChI=1S/C16H13NO5/c1-18-11-6-9-8-2-3-10-14(22-7-21-10)12(8)17-13(9)16-15(11)19-4-5-20-16/h2-3,6,17H,4-5,7H2,1H3. The fourth-order valence-electron chi connectivity index (χ4n) is 3.11. The second kappa shape index (κ2) is 4.13. The van der Waals surface area contributed by atoms with Crippen LogP contribution in [0.5, 0.6) is 28.7 Å². The van der Waals surface area contributed by atoms with Gasteiger partial charge in [0.15, 0.2) is 23.0 Å². The summed E-state index contributed by atoms with van der Waals surface area (Å²) in [5, 5.41) is 2.05. The molecule has 2 aromatic carbocycles. The van der Waals surface area contributed by atoms with Gasteiger partial charge in [0.1, 0.15) is 13.2 Å². The summed E-state index contributed by atoms with van der Waals surface area (Å²) in [5.74, 6) is 3.47. The summed E-state index contributed by atoms with van der Waals surface area (Å²) >= 11 is 0. The van der Waals surface area contributed by atoms with Gasteiger partial charge in [-0.05, 0) is 18.2 Å². The maximum atomic E-state index is 5.82. The van der Waals surface area contributed by atoms with Crippen LogP contribution in [-0.4, -0.2) is 32.1 Å². The Morgan fingerprint density at radius 1 is 0.909 bits per heavy atom. The third-order valence-corrected chi connectivity index (χ3v) is 4.08. The Kier molecular flexibility index (Phi) is 2.22. The zero-order chi connectivity index (χ0) is 14.7. The molecule has 0 aliphatic carbocycles. The number of aromatic nitrogens is 1. The molecule has 0 saturated carbocycles. The molecule has 2 aliphatic rings. The van der Waals surface area contributed by atoms with Crippen molar-refractivity contribution in [3.63, 3.8) is 0 Å². The van der Waals surface area contributed by atoms with Gasteiger partial charge in [-0.3, -0.25) is 0 Å². The Balaban J connectivity index is 1.92. The van der Waals surface area contributed by atoms with Gasteiger partial charge in [-0.15, -0.1) is 0 Å². The third-order valence-electron chi connectivity index (χ3n) is 4.08. The molecule has 0 fully saturated rings. The molecule has 0 spiro atoms. The highest BCUT2D eigenvalue weighted by molar-refractivity contribution is 6.13. The fraction of sp³-hybridized carbons (Fsp3) is 0.250. The number of aromatic amines is 1. The van der Waals surface area contributed by atoms with Crippen LogP contribution >= 0.6 is 0 Å². The van der Waals surface area contributed by atoms with Gasteiger partial charge in [0.2, 0.25) is 12.5 Å². The molecule has 3 aromatic rings. The summed E-state index contributed by atoms with van der Waals surface area (Å²) < 4.78 is 28.0. The number of hydrogen-bond donors (Lipinski definition) is 1. The normalized spacial score (nSPS) is 15.5. The Morgan fingerprint density at radius 3 is 2.59 bits per heavy atom. The number of hydrogen-bond acceptors (Lipinski definition) is 5. The summed E-state index contributed by atoms with van der Waals surface area (Å²) in [6.45, 7) is 1.27. The van der Waals surface area contributed by atoms with E-state index in [1.54, 1.807) is 7.11 Å². The van der Waals surface area contributed by atoms with Gasteiger partial charge in [-0.2, -0.15) is 0 Å². The first-order valence-electron chi connectivity index (χ1n) is 7.07. The molecule has 0 radical (unpaired) electrons. The van der Waals surface area contributed by atoms with E-state index in [0.717, 1.165) is 33.3 Å². The second-order valence-corrected chi connectivity index (χ2v) is 5.20. The molecule has 2 aliphatic heterocycles. The maximum absolute atomic E-state index is 5.82. The monoisotopic (exact) mass is 299 g/mol. The van der Waals surface area contributed by atoms with Crippen LogP contribution in [0.3, 0.4) is 0 Å². The number of nitrogens with one attached hydrogen (secondary N) is 1. The van der Waals surface area contributed by atoms with Gasteiger partial charge in [-0.1, -0.05) is 0 Å². The predicted molar refractivity (Wildman–Crippen MR) is 79.5 cm³/mol. The van der Waals surface area contributed by atoms with E-state index < -0.39 is 0 Å². The molecular formula is C16H13NO5. The van der Waals surface area contributed by atoms with E-state index >= 15 is 0 Å². The van der Waals surface area contributed by atoms with Crippen molar-refractivity contribution in [1.29, 1.82) is 0 Å². The van der Waals surface area contributed by atoms with E-state index in [1.165, 1.54) is 0 Å². The molecule has 0 saturated heterocycles. The van der Waals surface area contributed by atoms with Gasteiger partial charge in [-0.25, -0.2) is 0 Å². The molecule has 0 bridgehead atoms. The van der Waals surface area contributed by atoms with Crippen molar-refractivity contribution < 1.29 is 23.7 Å². The summed E-state index contributed by atoms with van der Waals surface area (Å²) in [5.41, 5.74) is 1.78. The van der Waals surface area contributed by atoms with Crippen LogP contribution in [0.25, 0.3) is 21.8 Å². The minimum atomic E-state index is 0.241. The Labute approximate surface area is 125 Å². The van der Waals surface area contributed by atoms with Crippen molar-refractivity contribution in [2.75, 3.05) is 27.1 Å². The zero-order valence-corrected chi connectivity index (χ0v) is 11.9. The summed E-state index contributed by atoms with van der Waals surface area (Å²) in [6.07, 6.45) is 0. The quantitative estimate of drug-likeness (QED) is 0.748. The Bertz CT molecular complexity index is 914. The van der Waals surface area contributed by atoms with Crippen LogP contribution in [0.2, 0.25) is 0 Å². The van der Waals surface area contributed by atoms with Crippen LogP contribution in [0.1, 0.15) is 0 Å². The van der Waals surface area contributed by atoms with Crippen molar-refractivity contribution in [3.05, 3.63) is 18.2 Å². The highest BCUT2D eigenvalue weighted by Gasteiger charge is 2.26. The van der Waals surface area contributed by atoms with Crippen molar-refractivity contribution in [2.45, 2.75) is 0 Å². The van der Waals surface area contributed by atoms with Crippen LogP contribution < -0.4 is 23.7 Å². The first kappa shape index (κ1) is 11.9. The highest BCUT2D eigenvalue weighted by Crippen LogP contribution is 2.49. The topological polar surface area (TPSA) is 61.9 Å². The molecule has 0 atom stereocenters. The van der Waals surface area contributed by atoms with Gasteiger partial charge >= 0.3 is 0 Å². The molecule has 1 aromatic heterocycles. The zero-order valence-electron chi connectivity index (χ0n) is 11.9. The molecule has 6 heteroatoms.